The Morgan fingerprint density at radius 1 is 1.69 bits per heavy atom. The fourth-order valence-corrected chi connectivity index (χ4v) is 3.12. The fraction of sp³-hybridized carbons (Fsp3) is 0.667. The highest BCUT2D eigenvalue weighted by molar-refractivity contribution is 5.29. The minimum Gasteiger partial charge on any atom is -0.379 e. The van der Waals surface area contributed by atoms with E-state index in [9.17, 15) is 5.11 Å². The molecule has 0 aromatic heterocycles. The van der Waals surface area contributed by atoms with Gasteiger partial charge in [-0.2, -0.15) is 0 Å². The van der Waals surface area contributed by atoms with Crippen molar-refractivity contribution < 1.29 is 5.11 Å². The van der Waals surface area contributed by atoms with Gasteiger partial charge in [-0.3, -0.25) is 0 Å². The van der Waals surface area contributed by atoms with E-state index in [4.69, 9.17) is 6.42 Å². The van der Waals surface area contributed by atoms with Crippen LogP contribution in [0.4, 0.5) is 0 Å². The van der Waals surface area contributed by atoms with E-state index in [2.05, 4.69) is 19.4 Å². The van der Waals surface area contributed by atoms with Gasteiger partial charge < -0.3 is 5.11 Å². The third kappa shape index (κ3) is 0.928. The lowest BCUT2D eigenvalue weighted by atomic mass is 9.68. The molecule has 4 atom stereocenters. The van der Waals surface area contributed by atoms with Gasteiger partial charge in [0, 0.05) is 5.41 Å². The van der Waals surface area contributed by atoms with E-state index in [0.29, 0.717) is 11.8 Å². The summed E-state index contributed by atoms with van der Waals surface area (Å²) >= 11 is 0. The maximum absolute atomic E-state index is 9.81. The smallest absolute Gasteiger partial charge is 0.123 e. The summed E-state index contributed by atoms with van der Waals surface area (Å²) < 4.78 is 0. The van der Waals surface area contributed by atoms with Crippen LogP contribution in [0.25, 0.3) is 0 Å². The first kappa shape index (κ1) is 8.84. The Hall–Kier alpha value is -0.740. The van der Waals surface area contributed by atoms with Crippen molar-refractivity contribution in [3.63, 3.8) is 0 Å². The third-order valence-electron chi connectivity index (χ3n) is 4.19. The lowest BCUT2D eigenvalue weighted by Gasteiger charge is -2.37. The quantitative estimate of drug-likeness (QED) is 0.478. The Morgan fingerprint density at radius 2 is 2.38 bits per heavy atom. The van der Waals surface area contributed by atoms with E-state index < -0.39 is 6.10 Å². The van der Waals surface area contributed by atoms with Gasteiger partial charge in [-0.15, -0.1) is 6.42 Å². The van der Waals surface area contributed by atoms with Crippen LogP contribution in [0, 0.1) is 29.6 Å². The van der Waals surface area contributed by atoms with Crippen LogP contribution in [0.5, 0.6) is 0 Å². The van der Waals surface area contributed by atoms with Crippen LogP contribution in [-0.4, -0.2) is 11.2 Å². The molecule has 13 heavy (non-hydrogen) atoms. The van der Waals surface area contributed by atoms with Crippen LogP contribution in [0.2, 0.25) is 0 Å². The molecular formula is C12H16O. The van der Waals surface area contributed by atoms with E-state index in [0.717, 1.165) is 0 Å². The van der Waals surface area contributed by atoms with Crippen molar-refractivity contribution in [2.75, 3.05) is 0 Å². The molecular weight excluding hydrogens is 160 g/mol. The lowest BCUT2D eigenvalue weighted by molar-refractivity contribution is 0.0714. The number of hydrogen-bond acceptors (Lipinski definition) is 1. The summed E-state index contributed by atoms with van der Waals surface area (Å²) in [6, 6.07) is 0. The van der Waals surface area contributed by atoms with Crippen molar-refractivity contribution in [1.29, 1.82) is 0 Å². The number of hydrogen-bond donors (Lipinski definition) is 1. The molecule has 2 aliphatic carbocycles. The van der Waals surface area contributed by atoms with E-state index >= 15 is 0 Å². The predicted octanol–water partition coefficient (Wildman–Crippen LogP) is 1.97. The molecule has 1 heteroatoms. The molecule has 70 valence electrons. The number of aliphatic hydroxyl groups is 1. The molecule has 0 saturated heterocycles. The first-order valence-corrected chi connectivity index (χ1v) is 4.94. The summed E-state index contributed by atoms with van der Waals surface area (Å²) in [5.74, 6) is 3.65. The predicted molar refractivity (Wildman–Crippen MR) is 52.9 cm³/mol. The first-order valence-electron chi connectivity index (χ1n) is 4.94. The van der Waals surface area contributed by atoms with E-state index in [1.54, 1.807) is 0 Å². The van der Waals surface area contributed by atoms with Gasteiger partial charge in [-0.25, -0.2) is 0 Å². The number of fused-ring (bicyclic) bond motifs is 2. The zero-order valence-corrected chi connectivity index (χ0v) is 8.09. The number of terminal acetylenes is 1. The van der Waals surface area contributed by atoms with Crippen molar-refractivity contribution in [2.24, 2.45) is 17.3 Å². The van der Waals surface area contributed by atoms with Gasteiger partial charge in [0.1, 0.15) is 6.10 Å². The molecule has 4 unspecified atom stereocenters. The van der Waals surface area contributed by atoms with Crippen LogP contribution in [0.15, 0.2) is 12.2 Å². The Kier molecular flexibility index (Phi) is 1.78. The summed E-state index contributed by atoms with van der Waals surface area (Å²) in [6.07, 6.45) is 8.29. The maximum atomic E-state index is 9.81. The summed E-state index contributed by atoms with van der Waals surface area (Å²) in [5, 5.41) is 9.81. The Labute approximate surface area is 79.8 Å². The molecule has 2 bridgehead atoms. The topological polar surface area (TPSA) is 20.2 Å². The van der Waals surface area contributed by atoms with Crippen molar-refractivity contribution >= 4 is 0 Å². The molecule has 1 nitrogen and oxygen atoms in total. The summed E-state index contributed by atoms with van der Waals surface area (Å²) in [5.41, 5.74) is 0.992. The van der Waals surface area contributed by atoms with Crippen LogP contribution in [-0.2, 0) is 0 Å². The average molecular weight is 176 g/mol. The monoisotopic (exact) mass is 176 g/mol. The maximum Gasteiger partial charge on any atom is 0.123 e. The highest BCUT2D eigenvalue weighted by Crippen LogP contribution is 2.59. The molecule has 1 N–H and O–H groups in total. The molecule has 2 aliphatic rings. The molecule has 0 amide bonds. The first-order chi connectivity index (χ1) is 6.10. The minimum atomic E-state index is -0.643. The number of aliphatic hydroxyl groups excluding tert-OH is 1. The summed E-state index contributed by atoms with van der Waals surface area (Å²) in [4.78, 5) is 0. The Balaban J connectivity index is 2.34. The molecule has 2 saturated carbocycles. The van der Waals surface area contributed by atoms with Crippen LogP contribution in [0.1, 0.15) is 26.2 Å². The van der Waals surface area contributed by atoms with E-state index in [1.807, 2.05) is 0 Å². The largest absolute Gasteiger partial charge is 0.379 e. The summed E-state index contributed by atoms with van der Waals surface area (Å²) in [7, 11) is 0. The molecule has 0 radical (unpaired) electrons. The van der Waals surface area contributed by atoms with Gasteiger partial charge in [-0.1, -0.05) is 25.0 Å². The van der Waals surface area contributed by atoms with Gasteiger partial charge in [0.15, 0.2) is 0 Å². The molecule has 0 aromatic rings. The number of rotatable bonds is 1. The molecule has 0 heterocycles. The van der Waals surface area contributed by atoms with E-state index in [1.165, 1.54) is 24.8 Å². The van der Waals surface area contributed by atoms with Gasteiger partial charge in [0.25, 0.3) is 0 Å². The van der Waals surface area contributed by atoms with Crippen LogP contribution in [0.3, 0.4) is 0 Å². The zero-order chi connectivity index (χ0) is 9.64. The molecule has 2 rings (SSSR count). The molecule has 0 spiro atoms. The highest BCUT2D eigenvalue weighted by Gasteiger charge is 2.54. The van der Waals surface area contributed by atoms with Gasteiger partial charge in [0.2, 0.25) is 0 Å². The third-order valence-corrected chi connectivity index (χ3v) is 4.19. The normalized spacial score (nSPS) is 44.8. The fourth-order valence-electron chi connectivity index (χ4n) is 3.12. The summed E-state index contributed by atoms with van der Waals surface area (Å²) in [6.45, 7) is 6.18. The zero-order valence-electron chi connectivity index (χ0n) is 8.09. The Bertz CT molecular complexity index is 286. The lowest BCUT2D eigenvalue weighted by Crippen LogP contribution is -2.37. The average Bonchev–Trinajstić information content (AvgIpc) is 2.69. The van der Waals surface area contributed by atoms with Crippen molar-refractivity contribution in [3.05, 3.63) is 12.2 Å². The van der Waals surface area contributed by atoms with Gasteiger partial charge in [-0.05, 0) is 31.1 Å². The van der Waals surface area contributed by atoms with Crippen LogP contribution < -0.4 is 0 Å². The minimum absolute atomic E-state index is 0.197. The van der Waals surface area contributed by atoms with Gasteiger partial charge in [0.05, 0.1) is 0 Å². The SMILES string of the molecule is C#CC(O)C1(C)C(=C)C2CCC1C2. The van der Waals surface area contributed by atoms with Crippen molar-refractivity contribution in [1.82, 2.24) is 0 Å². The van der Waals surface area contributed by atoms with Crippen molar-refractivity contribution in [2.45, 2.75) is 32.3 Å². The van der Waals surface area contributed by atoms with Crippen molar-refractivity contribution in [3.8, 4) is 12.3 Å². The molecule has 0 aromatic carbocycles. The van der Waals surface area contributed by atoms with E-state index in [-0.39, 0.29) is 5.41 Å². The second kappa shape index (κ2) is 2.62. The van der Waals surface area contributed by atoms with Gasteiger partial charge >= 0.3 is 0 Å². The Morgan fingerprint density at radius 3 is 2.85 bits per heavy atom. The second-order valence-corrected chi connectivity index (χ2v) is 4.58. The highest BCUT2D eigenvalue weighted by atomic mass is 16.3. The molecule has 2 fully saturated rings. The molecule has 0 aliphatic heterocycles. The van der Waals surface area contributed by atoms with Crippen LogP contribution >= 0.6 is 0 Å². The standard InChI is InChI=1S/C12H16O/c1-4-11(13)12(3)8(2)9-5-6-10(12)7-9/h1,9-11,13H,2,5-7H2,3H3. The second-order valence-electron chi connectivity index (χ2n) is 4.58.